The molecular formula is C12H14ClNO2. The number of carboxylic acid groups (broad SMARTS) is 1. The second-order valence-electron chi connectivity index (χ2n) is 4.51. The second-order valence-corrected chi connectivity index (χ2v) is 4.91. The molecule has 4 heteroatoms. The van der Waals surface area contributed by atoms with Gasteiger partial charge in [0.15, 0.2) is 0 Å². The number of carboxylic acids is 1. The van der Waals surface area contributed by atoms with E-state index in [1.54, 1.807) is 0 Å². The Hall–Kier alpha value is -1.06. The third kappa shape index (κ3) is 1.93. The first kappa shape index (κ1) is 11.4. The average molecular weight is 240 g/mol. The van der Waals surface area contributed by atoms with Crippen molar-refractivity contribution in [3.8, 4) is 0 Å². The molecule has 0 amide bonds. The number of aliphatic carboxylic acids is 1. The van der Waals surface area contributed by atoms with E-state index in [-0.39, 0.29) is 11.8 Å². The molecular weight excluding hydrogens is 226 g/mol. The number of halogens is 1. The Morgan fingerprint density at radius 1 is 1.50 bits per heavy atom. The minimum absolute atomic E-state index is 0.106. The molecule has 0 aromatic heterocycles. The van der Waals surface area contributed by atoms with E-state index in [1.165, 1.54) is 0 Å². The zero-order valence-electron chi connectivity index (χ0n) is 8.87. The molecule has 1 aromatic rings. The van der Waals surface area contributed by atoms with Crippen LogP contribution in [0.2, 0.25) is 5.02 Å². The molecule has 1 aliphatic rings. The van der Waals surface area contributed by atoms with Crippen molar-refractivity contribution >= 4 is 17.6 Å². The maximum atomic E-state index is 10.9. The van der Waals surface area contributed by atoms with Crippen molar-refractivity contribution in [2.75, 3.05) is 6.54 Å². The molecule has 3 nitrogen and oxygen atoms in total. The van der Waals surface area contributed by atoms with E-state index in [4.69, 9.17) is 22.4 Å². The van der Waals surface area contributed by atoms with Crippen molar-refractivity contribution in [1.82, 2.24) is 0 Å². The maximum Gasteiger partial charge on any atom is 0.303 e. The number of hydrogen-bond acceptors (Lipinski definition) is 2. The minimum Gasteiger partial charge on any atom is -0.481 e. The first-order chi connectivity index (χ1) is 7.56. The number of carbonyl (C=O) groups is 1. The smallest absolute Gasteiger partial charge is 0.303 e. The lowest BCUT2D eigenvalue weighted by Crippen LogP contribution is -2.33. The third-order valence-electron chi connectivity index (χ3n) is 3.29. The SMILES string of the molecule is NCC1(CC(=O)O)Cc2cccc(Cl)c2C1. The van der Waals surface area contributed by atoms with E-state index >= 15 is 0 Å². The van der Waals surface area contributed by atoms with Gasteiger partial charge in [0, 0.05) is 10.4 Å². The number of benzene rings is 1. The molecule has 0 saturated heterocycles. The van der Waals surface area contributed by atoms with E-state index in [1.807, 2.05) is 18.2 Å². The lowest BCUT2D eigenvalue weighted by Gasteiger charge is -2.24. The van der Waals surface area contributed by atoms with Crippen LogP contribution in [-0.4, -0.2) is 17.6 Å². The lowest BCUT2D eigenvalue weighted by atomic mass is 9.81. The molecule has 86 valence electrons. The van der Waals surface area contributed by atoms with E-state index in [0.717, 1.165) is 16.1 Å². The summed E-state index contributed by atoms with van der Waals surface area (Å²) >= 11 is 6.10. The van der Waals surface area contributed by atoms with Gasteiger partial charge < -0.3 is 10.8 Å². The van der Waals surface area contributed by atoms with Gasteiger partial charge in [-0.25, -0.2) is 0 Å². The Kier molecular flexibility index (Phi) is 2.91. The summed E-state index contributed by atoms with van der Waals surface area (Å²) in [6.07, 6.45) is 1.49. The molecule has 0 aliphatic heterocycles. The van der Waals surface area contributed by atoms with Crippen molar-refractivity contribution in [1.29, 1.82) is 0 Å². The Balaban J connectivity index is 2.32. The maximum absolute atomic E-state index is 10.9. The van der Waals surface area contributed by atoms with Gasteiger partial charge in [-0.05, 0) is 36.6 Å². The molecule has 1 aromatic carbocycles. The van der Waals surface area contributed by atoms with Gasteiger partial charge in [0.1, 0.15) is 0 Å². The van der Waals surface area contributed by atoms with Gasteiger partial charge in [-0.3, -0.25) is 4.79 Å². The van der Waals surface area contributed by atoms with E-state index in [2.05, 4.69) is 0 Å². The molecule has 1 unspecified atom stereocenters. The van der Waals surface area contributed by atoms with Crippen molar-refractivity contribution < 1.29 is 9.90 Å². The number of fused-ring (bicyclic) bond motifs is 1. The summed E-state index contributed by atoms with van der Waals surface area (Å²) in [7, 11) is 0. The van der Waals surface area contributed by atoms with Gasteiger partial charge in [-0.15, -0.1) is 0 Å². The van der Waals surface area contributed by atoms with Gasteiger partial charge >= 0.3 is 5.97 Å². The summed E-state index contributed by atoms with van der Waals surface area (Å²) in [5, 5.41) is 9.65. The van der Waals surface area contributed by atoms with Crippen molar-refractivity contribution in [3.05, 3.63) is 34.3 Å². The highest BCUT2D eigenvalue weighted by Crippen LogP contribution is 2.41. The number of hydrogen-bond donors (Lipinski definition) is 2. The molecule has 0 fully saturated rings. The summed E-state index contributed by atoms with van der Waals surface area (Å²) in [5.74, 6) is -0.797. The molecule has 0 spiro atoms. The highest BCUT2D eigenvalue weighted by Gasteiger charge is 2.38. The van der Waals surface area contributed by atoms with Crippen LogP contribution >= 0.6 is 11.6 Å². The Bertz CT molecular complexity index is 433. The molecule has 1 atom stereocenters. The molecule has 0 radical (unpaired) electrons. The van der Waals surface area contributed by atoms with Crippen molar-refractivity contribution in [2.45, 2.75) is 19.3 Å². The summed E-state index contributed by atoms with van der Waals surface area (Å²) in [4.78, 5) is 10.9. The Labute approximate surface area is 99.2 Å². The van der Waals surface area contributed by atoms with E-state index < -0.39 is 5.97 Å². The average Bonchev–Trinajstić information content (AvgIpc) is 2.58. The fraction of sp³-hybridized carbons (Fsp3) is 0.417. The molecule has 0 saturated carbocycles. The topological polar surface area (TPSA) is 63.3 Å². The van der Waals surface area contributed by atoms with Gasteiger partial charge in [-0.2, -0.15) is 0 Å². The van der Waals surface area contributed by atoms with Crippen molar-refractivity contribution in [3.63, 3.8) is 0 Å². The van der Waals surface area contributed by atoms with E-state index in [0.29, 0.717) is 19.4 Å². The molecule has 2 rings (SSSR count). The number of rotatable bonds is 3. The van der Waals surface area contributed by atoms with Crippen LogP contribution in [0, 0.1) is 5.41 Å². The molecule has 0 bridgehead atoms. The zero-order valence-corrected chi connectivity index (χ0v) is 9.63. The van der Waals surface area contributed by atoms with Gasteiger partial charge in [0.25, 0.3) is 0 Å². The largest absolute Gasteiger partial charge is 0.481 e. The van der Waals surface area contributed by atoms with Crippen LogP contribution in [0.5, 0.6) is 0 Å². The fourth-order valence-electron chi connectivity index (χ4n) is 2.47. The van der Waals surface area contributed by atoms with Crippen LogP contribution in [0.25, 0.3) is 0 Å². The summed E-state index contributed by atoms with van der Waals surface area (Å²) in [6.45, 7) is 0.379. The van der Waals surface area contributed by atoms with Gasteiger partial charge in [-0.1, -0.05) is 23.7 Å². The highest BCUT2D eigenvalue weighted by atomic mass is 35.5. The third-order valence-corrected chi connectivity index (χ3v) is 3.65. The normalized spacial score (nSPS) is 23.1. The predicted octanol–water partition coefficient (Wildman–Crippen LogP) is 1.86. The van der Waals surface area contributed by atoms with Crippen LogP contribution in [-0.2, 0) is 17.6 Å². The summed E-state index contributed by atoms with van der Waals surface area (Å²) in [5.41, 5.74) is 7.60. The fourth-order valence-corrected chi connectivity index (χ4v) is 2.73. The van der Waals surface area contributed by atoms with Crippen LogP contribution in [0.15, 0.2) is 18.2 Å². The minimum atomic E-state index is -0.797. The van der Waals surface area contributed by atoms with E-state index in [9.17, 15) is 4.79 Å². The summed E-state index contributed by atoms with van der Waals surface area (Å²) in [6, 6.07) is 5.74. The summed E-state index contributed by atoms with van der Waals surface area (Å²) < 4.78 is 0. The molecule has 1 aliphatic carbocycles. The molecule has 3 N–H and O–H groups in total. The number of nitrogens with two attached hydrogens (primary N) is 1. The Morgan fingerprint density at radius 2 is 2.25 bits per heavy atom. The van der Waals surface area contributed by atoms with Crippen LogP contribution < -0.4 is 5.73 Å². The highest BCUT2D eigenvalue weighted by molar-refractivity contribution is 6.31. The Morgan fingerprint density at radius 3 is 2.81 bits per heavy atom. The van der Waals surface area contributed by atoms with Gasteiger partial charge in [0.2, 0.25) is 0 Å². The molecule has 16 heavy (non-hydrogen) atoms. The van der Waals surface area contributed by atoms with Crippen LogP contribution in [0.4, 0.5) is 0 Å². The standard InChI is InChI=1S/C12H14ClNO2/c13-10-3-1-2-8-4-12(7-14,5-9(8)10)6-11(15)16/h1-3H,4-7,14H2,(H,15,16). The van der Waals surface area contributed by atoms with Gasteiger partial charge in [0.05, 0.1) is 6.42 Å². The quantitative estimate of drug-likeness (QED) is 0.846. The lowest BCUT2D eigenvalue weighted by molar-refractivity contribution is -0.139. The van der Waals surface area contributed by atoms with Crippen molar-refractivity contribution in [2.24, 2.45) is 11.1 Å². The monoisotopic (exact) mass is 239 g/mol. The first-order valence-corrected chi connectivity index (χ1v) is 5.62. The molecule has 0 heterocycles. The van der Waals surface area contributed by atoms with Crippen LogP contribution in [0.1, 0.15) is 17.5 Å². The second kappa shape index (κ2) is 4.07. The van der Waals surface area contributed by atoms with Crippen LogP contribution in [0.3, 0.4) is 0 Å². The first-order valence-electron chi connectivity index (χ1n) is 5.24. The predicted molar refractivity (Wildman–Crippen MR) is 62.6 cm³/mol. The zero-order chi connectivity index (χ0) is 11.8.